The third-order valence-corrected chi connectivity index (χ3v) is 4.22. The second-order valence-electron chi connectivity index (χ2n) is 5.72. The maximum atomic E-state index is 11.2. The number of fused-ring (bicyclic) bond motifs is 1. The number of aromatic nitrogens is 4. The quantitative estimate of drug-likeness (QED) is 0.923. The molecular formula is C14H18N4O2. The lowest BCUT2D eigenvalue weighted by Gasteiger charge is -2.35. The average Bonchev–Trinajstić information content (AvgIpc) is 2.82. The molecule has 1 fully saturated rings. The zero-order valence-electron chi connectivity index (χ0n) is 11.3. The number of hydrogen-bond acceptors (Lipinski definition) is 4. The molecule has 1 saturated carbocycles. The predicted octanol–water partition coefficient (Wildman–Crippen LogP) is 2.09. The van der Waals surface area contributed by atoms with Crippen LogP contribution in [-0.2, 0) is 11.2 Å². The first-order valence-electron chi connectivity index (χ1n) is 7.06. The summed E-state index contributed by atoms with van der Waals surface area (Å²) in [6.07, 6.45) is 7.81. The van der Waals surface area contributed by atoms with Crippen molar-refractivity contribution in [2.75, 3.05) is 0 Å². The molecule has 0 amide bonds. The average molecular weight is 274 g/mol. The number of hydrogen-bond donors (Lipinski definition) is 1. The SMILES string of the molecule is O=C(O)CC1(Cc2nnc3cccnn23)CCCCC1. The zero-order chi connectivity index (χ0) is 14.0. The third-order valence-electron chi connectivity index (χ3n) is 4.22. The van der Waals surface area contributed by atoms with Crippen LogP contribution in [0.4, 0.5) is 0 Å². The summed E-state index contributed by atoms with van der Waals surface area (Å²) in [5.74, 6) is 0.0393. The molecule has 0 aromatic carbocycles. The van der Waals surface area contributed by atoms with Gasteiger partial charge in [0.1, 0.15) is 0 Å². The van der Waals surface area contributed by atoms with Crippen molar-refractivity contribution in [3.63, 3.8) is 0 Å². The monoisotopic (exact) mass is 274 g/mol. The summed E-state index contributed by atoms with van der Waals surface area (Å²) in [6, 6.07) is 3.68. The highest BCUT2D eigenvalue weighted by molar-refractivity contribution is 5.67. The minimum absolute atomic E-state index is 0.190. The molecule has 0 unspecified atom stereocenters. The van der Waals surface area contributed by atoms with E-state index >= 15 is 0 Å². The van der Waals surface area contributed by atoms with Crippen molar-refractivity contribution in [3.8, 4) is 0 Å². The summed E-state index contributed by atoms with van der Waals surface area (Å²) in [4.78, 5) is 11.2. The predicted molar refractivity (Wildman–Crippen MR) is 72.3 cm³/mol. The van der Waals surface area contributed by atoms with Crippen LogP contribution in [0.25, 0.3) is 5.65 Å². The van der Waals surface area contributed by atoms with E-state index in [9.17, 15) is 9.90 Å². The summed E-state index contributed by atoms with van der Waals surface area (Å²) in [5.41, 5.74) is 0.522. The van der Waals surface area contributed by atoms with Crippen molar-refractivity contribution in [1.82, 2.24) is 19.8 Å². The highest BCUT2D eigenvalue weighted by Crippen LogP contribution is 2.41. The molecule has 2 aromatic rings. The smallest absolute Gasteiger partial charge is 0.303 e. The van der Waals surface area contributed by atoms with E-state index in [2.05, 4.69) is 15.3 Å². The van der Waals surface area contributed by atoms with Gasteiger partial charge in [-0.05, 0) is 30.4 Å². The maximum Gasteiger partial charge on any atom is 0.303 e. The Morgan fingerprint density at radius 1 is 1.30 bits per heavy atom. The molecule has 0 saturated heterocycles. The van der Waals surface area contributed by atoms with Crippen molar-refractivity contribution in [2.24, 2.45) is 5.41 Å². The van der Waals surface area contributed by atoms with Gasteiger partial charge in [0, 0.05) is 12.6 Å². The maximum absolute atomic E-state index is 11.2. The second-order valence-corrected chi connectivity index (χ2v) is 5.72. The van der Waals surface area contributed by atoms with E-state index in [-0.39, 0.29) is 11.8 Å². The molecule has 0 radical (unpaired) electrons. The van der Waals surface area contributed by atoms with Gasteiger partial charge in [0.15, 0.2) is 11.5 Å². The summed E-state index contributed by atoms with van der Waals surface area (Å²) in [5, 5.41) is 21.8. The van der Waals surface area contributed by atoms with Gasteiger partial charge < -0.3 is 5.11 Å². The number of carbonyl (C=O) groups is 1. The summed E-state index contributed by atoms with van der Waals surface area (Å²) in [7, 11) is 0. The molecule has 0 atom stereocenters. The molecule has 0 bridgehead atoms. The van der Waals surface area contributed by atoms with Crippen LogP contribution in [0, 0.1) is 5.41 Å². The fourth-order valence-electron chi connectivity index (χ4n) is 3.27. The lowest BCUT2D eigenvalue weighted by Crippen LogP contribution is -2.30. The molecule has 0 spiro atoms. The van der Waals surface area contributed by atoms with E-state index in [1.54, 1.807) is 10.7 Å². The van der Waals surface area contributed by atoms with Crippen LogP contribution in [0.1, 0.15) is 44.3 Å². The van der Waals surface area contributed by atoms with Crippen LogP contribution >= 0.6 is 0 Å². The molecule has 0 aliphatic heterocycles. The number of nitrogens with zero attached hydrogens (tertiary/aromatic N) is 4. The lowest BCUT2D eigenvalue weighted by molar-refractivity contribution is -0.140. The fraction of sp³-hybridized carbons (Fsp3) is 0.571. The van der Waals surface area contributed by atoms with Gasteiger partial charge in [-0.3, -0.25) is 4.79 Å². The molecule has 6 heteroatoms. The summed E-state index contributed by atoms with van der Waals surface area (Å²) >= 11 is 0. The Labute approximate surface area is 116 Å². The van der Waals surface area contributed by atoms with Crippen molar-refractivity contribution >= 4 is 11.6 Å². The number of aliphatic carboxylic acids is 1. The minimum Gasteiger partial charge on any atom is -0.481 e. The molecule has 2 aromatic heterocycles. The van der Waals surface area contributed by atoms with E-state index < -0.39 is 5.97 Å². The summed E-state index contributed by atoms with van der Waals surface area (Å²) in [6.45, 7) is 0. The number of carboxylic acids is 1. The molecule has 2 heterocycles. The van der Waals surface area contributed by atoms with Crippen LogP contribution in [-0.4, -0.2) is 30.9 Å². The molecule has 1 N–H and O–H groups in total. The van der Waals surface area contributed by atoms with Gasteiger partial charge in [0.2, 0.25) is 0 Å². The Kier molecular flexibility index (Phi) is 3.38. The van der Waals surface area contributed by atoms with Crippen molar-refractivity contribution < 1.29 is 9.90 Å². The van der Waals surface area contributed by atoms with E-state index in [1.165, 1.54) is 6.42 Å². The zero-order valence-corrected chi connectivity index (χ0v) is 11.3. The van der Waals surface area contributed by atoms with Crippen molar-refractivity contribution in [1.29, 1.82) is 0 Å². The van der Waals surface area contributed by atoms with E-state index in [0.717, 1.165) is 31.5 Å². The third kappa shape index (κ3) is 2.50. The highest BCUT2D eigenvalue weighted by Gasteiger charge is 2.36. The molecule has 106 valence electrons. The Morgan fingerprint density at radius 3 is 2.85 bits per heavy atom. The molecule has 1 aliphatic carbocycles. The molecule has 1 aliphatic rings. The van der Waals surface area contributed by atoms with Gasteiger partial charge in [-0.25, -0.2) is 0 Å². The number of carboxylic acid groups (broad SMARTS) is 1. The van der Waals surface area contributed by atoms with Gasteiger partial charge in [0.25, 0.3) is 0 Å². The van der Waals surface area contributed by atoms with E-state index in [1.807, 2.05) is 12.1 Å². The van der Waals surface area contributed by atoms with Gasteiger partial charge in [-0.15, -0.1) is 10.2 Å². The topological polar surface area (TPSA) is 80.4 Å². The number of rotatable bonds is 4. The van der Waals surface area contributed by atoms with Crippen LogP contribution in [0.2, 0.25) is 0 Å². The van der Waals surface area contributed by atoms with Gasteiger partial charge in [-0.1, -0.05) is 19.3 Å². The molecule has 6 nitrogen and oxygen atoms in total. The minimum atomic E-state index is -0.728. The first kappa shape index (κ1) is 13.0. The normalized spacial score (nSPS) is 18.2. The lowest BCUT2D eigenvalue weighted by atomic mass is 9.69. The first-order valence-corrected chi connectivity index (χ1v) is 7.06. The van der Waals surface area contributed by atoms with Crippen LogP contribution < -0.4 is 0 Å². The second kappa shape index (κ2) is 5.19. The molecule has 3 rings (SSSR count). The van der Waals surface area contributed by atoms with Crippen LogP contribution in [0.5, 0.6) is 0 Å². The summed E-state index contributed by atoms with van der Waals surface area (Å²) < 4.78 is 1.72. The van der Waals surface area contributed by atoms with Crippen LogP contribution in [0.3, 0.4) is 0 Å². The first-order chi connectivity index (χ1) is 9.69. The van der Waals surface area contributed by atoms with Crippen LogP contribution in [0.15, 0.2) is 18.3 Å². The van der Waals surface area contributed by atoms with Crippen molar-refractivity contribution in [2.45, 2.75) is 44.9 Å². The van der Waals surface area contributed by atoms with Crippen molar-refractivity contribution in [3.05, 3.63) is 24.2 Å². The Morgan fingerprint density at radius 2 is 2.10 bits per heavy atom. The Balaban J connectivity index is 1.91. The molecule has 20 heavy (non-hydrogen) atoms. The highest BCUT2D eigenvalue weighted by atomic mass is 16.4. The Bertz CT molecular complexity index is 616. The Hall–Kier alpha value is -1.98. The van der Waals surface area contributed by atoms with E-state index in [4.69, 9.17) is 0 Å². The van der Waals surface area contributed by atoms with Gasteiger partial charge >= 0.3 is 5.97 Å². The van der Waals surface area contributed by atoms with Gasteiger partial charge in [-0.2, -0.15) is 9.61 Å². The van der Waals surface area contributed by atoms with E-state index in [0.29, 0.717) is 12.1 Å². The molecular weight excluding hydrogens is 256 g/mol. The largest absolute Gasteiger partial charge is 0.481 e. The standard InChI is InChI=1S/C14H18N4O2/c19-13(20)10-14(6-2-1-3-7-14)9-12-17-16-11-5-4-8-15-18(11)12/h4-5,8H,1-3,6-7,9-10H2,(H,19,20). The fourth-order valence-corrected chi connectivity index (χ4v) is 3.27. The van der Waals surface area contributed by atoms with Gasteiger partial charge in [0.05, 0.1) is 6.42 Å².